The molecule has 0 aliphatic heterocycles. The lowest BCUT2D eigenvalue weighted by molar-refractivity contribution is -0.120. The summed E-state index contributed by atoms with van der Waals surface area (Å²) in [5, 5.41) is 8.91. The van der Waals surface area contributed by atoms with Crippen LogP contribution in [0, 0.1) is 5.92 Å². The highest BCUT2D eigenvalue weighted by Crippen LogP contribution is 2.27. The van der Waals surface area contributed by atoms with Gasteiger partial charge in [0.1, 0.15) is 0 Å². The molecule has 1 saturated carbocycles. The molecule has 0 aromatic heterocycles. The third-order valence-electron chi connectivity index (χ3n) is 4.10. The Balaban J connectivity index is 1.82. The van der Waals surface area contributed by atoms with Crippen LogP contribution in [0.4, 0.5) is 5.69 Å². The van der Waals surface area contributed by atoms with E-state index in [1.165, 1.54) is 12.8 Å². The standard InChI is InChI=1S/C19H27N3O2S/c1-19(2,3)22-17(24)14-8-10-15(11-9-14)20-18(25)21-16(23)12-13-6-4-5-7-13/h8-11,13H,4-7,12H2,1-3H3,(H,22,24)(H2,20,21,23,25). The minimum Gasteiger partial charge on any atom is -0.347 e. The Labute approximate surface area is 155 Å². The molecule has 1 aromatic carbocycles. The van der Waals surface area contributed by atoms with E-state index in [2.05, 4.69) is 16.0 Å². The molecule has 3 N–H and O–H groups in total. The van der Waals surface area contributed by atoms with Crippen molar-refractivity contribution in [3.8, 4) is 0 Å². The van der Waals surface area contributed by atoms with Gasteiger partial charge in [-0.2, -0.15) is 0 Å². The number of hydrogen-bond donors (Lipinski definition) is 3. The number of nitrogens with one attached hydrogen (secondary N) is 3. The average Bonchev–Trinajstić information content (AvgIpc) is 2.98. The highest BCUT2D eigenvalue weighted by atomic mass is 32.1. The van der Waals surface area contributed by atoms with E-state index in [4.69, 9.17) is 12.2 Å². The van der Waals surface area contributed by atoms with Crippen LogP contribution in [0.2, 0.25) is 0 Å². The molecule has 2 rings (SSSR count). The first kappa shape index (κ1) is 19.4. The predicted octanol–water partition coefficient (Wildman–Crippen LogP) is 3.61. The van der Waals surface area contributed by atoms with Gasteiger partial charge >= 0.3 is 0 Å². The van der Waals surface area contributed by atoms with Gasteiger partial charge in [0.2, 0.25) is 5.91 Å². The molecule has 1 aromatic rings. The normalized spacial score (nSPS) is 14.8. The summed E-state index contributed by atoms with van der Waals surface area (Å²) in [6, 6.07) is 7.00. The van der Waals surface area contributed by atoms with Crippen LogP contribution < -0.4 is 16.0 Å². The summed E-state index contributed by atoms with van der Waals surface area (Å²) in [7, 11) is 0. The Morgan fingerprint density at radius 3 is 2.28 bits per heavy atom. The van der Waals surface area contributed by atoms with Crippen molar-refractivity contribution in [1.82, 2.24) is 10.6 Å². The fourth-order valence-electron chi connectivity index (χ4n) is 2.93. The van der Waals surface area contributed by atoms with Crippen molar-refractivity contribution in [2.75, 3.05) is 5.32 Å². The van der Waals surface area contributed by atoms with E-state index in [9.17, 15) is 9.59 Å². The van der Waals surface area contributed by atoms with Crippen LogP contribution >= 0.6 is 12.2 Å². The second-order valence-electron chi connectivity index (χ2n) is 7.64. The van der Waals surface area contributed by atoms with Gasteiger partial charge in [-0.25, -0.2) is 0 Å². The maximum absolute atomic E-state index is 12.1. The topological polar surface area (TPSA) is 70.2 Å². The van der Waals surface area contributed by atoms with Gasteiger partial charge in [-0.1, -0.05) is 12.8 Å². The molecule has 0 bridgehead atoms. The molecular formula is C19H27N3O2S. The predicted molar refractivity (Wildman–Crippen MR) is 105 cm³/mol. The Hall–Kier alpha value is -1.95. The van der Waals surface area contributed by atoms with Crippen molar-refractivity contribution in [2.45, 2.75) is 58.4 Å². The van der Waals surface area contributed by atoms with Crippen LogP contribution in [0.25, 0.3) is 0 Å². The van der Waals surface area contributed by atoms with Crippen LogP contribution in [0.15, 0.2) is 24.3 Å². The summed E-state index contributed by atoms with van der Waals surface area (Å²) < 4.78 is 0. The van der Waals surface area contributed by atoms with E-state index in [1.54, 1.807) is 24.3 Å². The number of rotatable bonds is 4. The van der Waals surface area contributed by atoms with Gasteiger partial charge in [-0.15, -0.1) is 0 Å². The molecule has 136 valence electrons. The van der Waals surface area contributed by atoms with E-state index >= 15 is 0 Å². The fourth-order valence-corrected chi connectivity index (χ4v) is 3.17. The van der Waals surface area contributed by atoms with Crippen LogP contribution in [0.5, 0.6) is 0 Å². The average molecular weight is 362 g/mol. The second-order valence-corrected chi connectivity index (χ2v) is 8.05. The van der Waals surface area contributed by atoms with E-state index in [-0.39, 0.29) is 22.5 Å². The quantitative estimate of drug-likeness (QED) is 0.717. The van der Waals surface area contributed by atoms with Crippen LogP contribution in [-0.2, 0) is 4.79 Å². The number of thiocarbonyl (C=S) groups is 1. The van der Waals surface area contributed by atoms with Gasteiger partial charge in [0.05, 0.1) is 0 Å². The summed E-state index contributed by atoms with van der Waals surface area (Å²) in [6.45, 7) is 5.81. The highest BCUT2D eigenvalue weighted by molar-refractivity contribution is 7.80. The third-order valence-corrected chi connectivity index (χ3v) is 4.30. The molecule has 6 heteroatoms. The molecule has 2 amide bonds. The Kier molecular flexibility index (Phi) is 6.53. The molecule has 1 fully saturated rings. The molecule has 0 atom stereocenters. The van der Waals surface area contributed by atoms with E-state index < -0.39 is 0 Å². The molecule has 0 heterocycles. The first-order valence-electron chi connectivity index (χ1n) is 8.76. The van der Waals surface area contributed by atoms with Gasteiger partial charge in [-0.05, 0) is 76.0 Å². The zero-order valence-corrected chi connectivity index (χ0v) is 16.0. The molecule has 5 nitrogen and oxygen atoms in total. The zero-order chi connectivity index (χ0) is 18.4. The number of amides is 2. The number of anilines is 1. The number of hydrogen-bond acceptors (Lipinski definition) is 3. The minimum atomic E-state index is -0.279. The smallest absolute Gasteiger partial charge is 0.251 e. The van der Waals surface area contributed by atoms with Gasteiger partial charge in [0.15, 0.2) is 5.11 Å². The lowest BCUT2D eigenvalue weighted by atomic mass is 10.0. The van der Waals surface area contributed by atoms with E-state index in [0.717, 1.165) is 18.5 Å². The third kappa shape index (κ3) is 6.82. The monoisotopic (exact) mass is 361 g/mol. The lowest BCUT2D eigenvalue weighted by Gasteiger charge is -2.20. The van der Waals surface area contributed by atoms with Gasteiger partial charge in [0, 0.05) is 23.2 Å². The molecule has 1 aliphatic carbocycles. The highest BCUT2D eigenvalue weighted by Gasteiger charge is 2.19. The van der Waals surface area contributed by atoms with Gasteiger partial charge in [0.25, 0.3) is 5.91 Å². The SMILES string of the molecule is CC(C)(C)NC(=O)c1ccc(NC(=S)NC(=O)CC2CCCC2)cc1. The Morgan fingerprint density at radius 2 is 1.72 bits per heavy atom. The van der Waals surface area contributed by atoms with E-state index in [0.29, 0.717) is 17.9 Å². The van der Waals surface area contributed by atoms with Crippen molar-refractivity contribution in [1.29, 1.82) is 0 Å². The van der Waals surface area contributed by atoms with Gasteiger partial charge in [-0.3, -0.25) is 9.59 Å². The number of carbonyl (C=O) groups is 2. The van der Waals surface area contributed by atoms with Gasteiger partial charge < -0.3 is 16.0 Å². The Morgan fingerprint density at radius 1 is 1.12 bits per heavy atom. The van der Waals surface area contributed by atoms with Crippen molar-refractivity contribution in [3.05, 3.63) is 29.8 Å². The van der Waals surface area contributed by atoms with Crippen molar-refractivity contribution >= 4 is 34.8 Å². The second kappa shape index (κ2) is 8.43. The van der Waals surface area contributed by atoms with Crippen LogP contribution in [0.3, 0.4) is 0 Å². The summed E-state index contributed by atoms with van der Waals surface area (Å²) in [6.07, 6.45) is 5.23. The summed E-state index contributed by atoms with van der Waals surface area (Å²) in [5.74, 6) is 0.334. The first-order valence-corrected chi connectivity index (χ1v) is 9.17. The number of carbonyl (C=O) groups excluding carboxylic acids is 2. The molecule has 0 saturated heterocycles. The maximum Gasteiger partial charge on any atom is 0.251 e. The molecule has 0 spiro atoms. The van der Waals surface area contributed by atoms with E-state index in [1.807, 2.05) is 20.8 Å². The summed E-state index contributed by atoms with van der Waals surface area (Å²) >= 11 is 5.19. The minimum absolute atomic E-state index is 0.0365. The maximum atomic E-state index is 12.1. The summed E-state index contributed by atoms with van der Waals surface area (Å²) in [4.78, 5) is 24.1. The first-order chi connectivity index (χ1) is 11.7. The fraction of sp³-hybridized carbons (Fsp3) is 0.526. The van der Waals surface area contributed by atoms with Crippen molar-refractivity contribution < 1.29 is 9.59 Å². The molecule has 1 aliphatic rings. The molecular weight excluding hydrogens is 334 g/mol. The lowest BCUT2D eigenvalue weighted by Crippen LogP contribution is -2.40. The zero-order valence-electron chi connectivity index (χ0n) is 15.1. The number of benzene rings is 1. The molecule has 25 heavy (non-hydrogen) atoms. The Bertz CT molecular complexity index is 629. The van der Waals surface area contributed by atoms with Crippen LogP contribution in [-0.4, -0.2) is 22.5 Å². The largest absolute Gasteiger partial charge is 0.347 e. The van der Waals surface area contributed by atoms with Crippen molar-refractivity contribution in [3.63, 3.8) is 0 Å². The molecule has 0 unspecified atom stereocenters. The van der Waals surface area contributed by atoms with Crippen molar-refractivity contribution in [2.24, 2.45) is 5.92 Å². The van der Waals surface area contributed by atoms with Crippen LogP contribution in [0.1, 0.15) is 63.2 Å². The summed E-state index contributed by atoms with van der Waals surface area (Å²) in [5.41, 5.74) is 1.04. The molecule has 0 radical (unpaired) electrons.